The summed E-state index contributed by atoms with van der Waals surface area (Å²) in [6.07, 6.45) is 4.01. The molecule has 0 amide bonds. The topological polar surface area (TPSA) is 80.8 Å². The molecule has 1 N–H and O–H groups in total. The third-order valence-electron chi connectivity index (χ3n) is 5.09. The Morgan fingerprint density at radius 2 is 1.59 bits per heavy atom. The smallest absolute Gasteiger partial charge is 0.305 e. The largest absolute Gasteiger partial charge is 0.469 e. The molecule has 0 spiro atoms. The van der Waals surface area contributed by atoms with Gasteiger partial charge in [-0.05, 0) is 68.9 Å². The average Bonchev–Trinajstić information content (AvgIpc) is 3.06. The summed E-state index contributed by atoms with van der Waals surface area (Å²) in [5, 5.41) is 0. The molecule has 27 heavy (non-hydrogen) atoms. The molecule has 0 fully saturated rings. The van der Waals surface area contributed by atoms with Gasteiger partial charge in [-0.1, -0.05) is 0 Å². The van der Waals surface area contributed by atoms with Gasteiger partial charge in [0.25, 0.3) is 0 Å². The average molecular weight is 372 g/mol. The summed E-state index contributed by atoms with van der Waals surface area (Å²) in [5.41, 5.74) is 8.32. The molecule has 1 aliphatic rings. The normalized spacial score (nSPS) is 15.3. The van der Waals surface area contributed by atoms with Crippen LogP contribution in [0.5, 0.6) is 0 Å². The van der Waals surface area contributed by atoms with Crippen LogP contribution in [0.3, 0.4) is 0 Å². The third-order valence-corrected chi connectivity index (χ3v) is 5.09. The highest BCUT2D eigenvalue weighted by Crippen LogP contribution is 2.31. The number of aliphatic imine (C=N–C) groups is 1. The molecule has 0 saturated carbocycles. The van der Waals surface area contributed by atoms with E-state index in [2.05, 4.69) is 9.98 Å². The van der Waals surface area contributed by atoms with E-state index in [0.29, 0.717) is 25.7 Å². The molecule has 0 saturated heterocycles. The van der Waals surface area contributed by atoms with E-state index in [9.17, 15) is 9.59 Å². The highest BCUT2D eigenvalue weighted by Gasteiger charge is 2.20. The molecule has 2 heterocycles. The van der Waals surface area contributed by atoms with Crippen molar-refractivity contribution in [3.05, 3.63) is 39.4 Å². The van der Waals surface area contributed by atoms with Gasteiger partial charge in [-0.15, -0.1) is 0 Å². The molecule has 0 aliphatic carbocycles. The molecule has 0 unspecified atom stereocenters. The molecule has 1 aliphatic heterocycles. The Labute approximate surface area is 160 Å². The number of esters is 2. The molecular formula is C21H28N2O4. The molecule has 2 rings (SSSR count). The van der Waals surface area contributed by atoms with Crippen LogP contribution in [-0.2, 0) is 25.5 Å². The zero-order chi connectivity index (χ0) is 20.1. The maximum absolute atomic E-state index is 11.4. The minimum Gasteiger partial charge on any atom is -0.469 e. The van der Waals surface area contributed by atoms with E-state index in [1.807, 2.05) is 33.8 Å². The standard InChI is InChI=1S/C21H28N2O4/c1-12-16(7-9-20(24)26-5)14(3)22-18(12)11-19-13(2)17(15(4)23-19)8-10-21(25)27-6/h11,22H,7-10H2,1-6H3/b19-11+. The lowest BCUT2D eigenvalue weighted by molar-refractivity contribution is -0.141. The Kier molecular flexibility index (Phi) is 6.77. The van der Waals surface area contributed by atoms with Crippen LogP contribution < -0.4 is 0 Å². The van der Waals surface area contributed by atoms with E-state index >= 15 is 0 Å². The molecule has 1 aromatic heterocycles. The van der Waals surface area contributed by atoms with Crippen molar-refractivity contribution in [2.24, 2.45) is 4.99 Å². The third kappa shape index (κ3) is 4.76. The summed E-state index contributed by atoms with van der Waals surface area (Å²) in [7, 11) is 2.81. The van der Waals surface area contributed by atoms with Crippen LogP contribution in [0.15, 0.2) is 21.8 Å². The van der Waals surface area contributed by atoms with Crippen molar-refractivity contribution in [1.29, 1.82) is 0 Å². The fourth-order valence-corrected chi connectivity index (χ4v) is 3.40. The first-order chi connectivity index (χ1) is 12.8. The van der Waals surface area contributed by atoms with Gasteiger partial charge in [0.05, 0.1) is 19.9 Å². The Morgan fingerprint density at radius 3 is 2.19 bits per heavy atom. The van der Waals surface area contributed by atoms with Crippen LogP contribution in [0.2, 0.25) is 0 Å². The molecular weight excluding hydrogens is 344 g/mol. The Bertz CT molecular complexity index is 841. The zero-order valence-electron chi connectivity index (χ0n) is 17.0. The van der Waals surface area contributed by atoms with E-state index in [1.54, 1.807) is 0 Å². The van der Waals surface area contributed by atoms with Gasteiger partial charge in [0.1, 0.15) is 0 Å². The van der Waals surface area contributed by atoms with Crippen molar-refractivity contribution in [2.45, 2.75) is 53.4 Å². The summed E-state index contributed by atoms with van der Waals surface area (Å²) >= 11 is 0. The highest BCUT2D eigenvalue weighted by atomic mass is 16.5. The van der Waals surface area contributed by atoms with E-state index in [4.69, 9.17) is 9.47 Å². The van der Waals surface area contributed by atoms with E-state index < -0.39 is 0 Å². The van der Waals surface area contributed by atoms with Gasteiger partial charge >= 0.3 is 11.9 Å². The highest BCUT2D eigenvalue weighted by molar-refractivity contribution is 6.04. The maximum Gasteiger partial charge on any atom is 0.305 e. The summed E-state index contributed by atoms with van der Waals surface area (Å²) in [6.45, 7) is 8.05. The van der Waals surface area contributed by atoms with Crippen molar-refractivity contribution in [3.63, 3.8) is 0 Å². The molecule has 0 atom stereocenters. The van der Waals surface area contributed by atoms with Crippen molar-refractivity contribution in [2.75, 3.05) is 14.2 Å². The maximum atomic E-state index is 11.4. The van der Waals surface area contributed by atoms with Gasteiger partial charge in [0.15, 0.2) is 0 Å². The molecule has 1 aromatic rings. The molecule has 0 bridgehead atoms. The SMILES string of the molecule is COC(=O)CCC1=C(C)/C(=C\c2[nH]c(C)c(CCC(=O)OC)c2C)N=C1C. The van der Waals surface area contributed by atoms with E-state index in [-0.39, 0.29) is 11.9 Å². The second kappa shape index (κ2) is 8.84. The Morgan fingerprint density at radius 1 is 1.00 bits per heavy atom. The fraction of sp³-hybridized carbons (Fsp3) is 0.476. The predicted molar refractivity (Wildman–Crippen MR) is 106 cm³/mol. The van der Waals surface area contributed by atoms with Gasteiger partial charge in [0.2, 0.25) is 0 Å². The number of hydrogen-bond donors (Lipinski definition) is 1. The number of allylic oxidation sites excluding steroid dienone is 2. The van der Waals surface area contributed by atoms with Crippen LogP contribution in [-0.4, -0.2) is 36.9 Å². The number of nitrogens with zero attached hydrogens (tertiary/aromatic N) is 1. The van der Waals surface area contributed by atoms with E-state index in [1.165, 1.54) is 14.2 Å². The number of methoxy groups -OCH3 is 2. The van der Waals surface area contributed by atoms with Gasteiger partial charge in [-0.25, -0.2) is 0 Å². The lowest BCUT2D eigenvalue weighted by atomic mass is 10.0. The summed E-state index contributed by atoms with van der Waals surface area (Å²) in [4.78, 5) is 30.9. The number of aromatic nitrogens is 1. The van der Waals surface area contributed by atoms with Gasteiger partial charge < -0.3 is 14.5 Å². The number of carbonyl (C=O) groups is 2. The van der Waals surface area contributed by atoms with E-state index in [0.717, 1.165) is 45.1 Å². The molecule has 6 nitrogen and oxygen atoms in total. The number of aromatic amines is 1. The number of nitrogens with one attached hydrogen (secondary N) is 1. The first-order valence-electron chi connectivity index (χ1n) is 9.07. The van der Waals surface area contributed by atoms with Crippen LogP contribution in [0.1, 0.15) is 55.6 Å². The quantitative estimate of drug-likeness (QED) is 0.738. The number of aryl methyl sites for hydroxylation is 1. The van der Waals surface area contributed by atoms with Crippen LogP contribution in [0.4, 0.5) is 0 Å². The van der Waals surface area contributed by atoms with Crippen molar-refractivity contribution in [3.8, 4) is 0 Å². The minimum atomic E-state index is -0.216. The zero-order valence-corrected chi connectivity index (χ0v) is 17.0. The van der Waals surface area contributed by atoms with Crippen LogP contribution >= 0.6 is 0 Å². The van der Waals surface area contributed by atoms with Crippen LogP contribution in [0.25, 0.3) is 6.08 Å². The number of H-pyrrole nitrogens is 1. The minimum absolute atomic E-state index is 0.208. The molecule has 0 aromatic carbocycles. The monoisotopic (exact) mass is 372 g/mol. The first-order valence-corrected chi connectivity index (χ1v) is 9.07. The Hall–Kier alpha value is -2.63. The van der Waals surface area contributed by atoms with Crippen LogP contribution in [0, 0.1) is 13.8 Å². The number of hydrogen-bond acceptors (Lipinski definition) is 5. The fourth-order valence-electron chi connectivity index (χ4n) is 3.40. The lowest BCUT2D eigenvalue weighted by Crippen LogP contribution is -2.03. The summed E-state index contributed by atoms with van der Waals surface area (Å²) in [5.74, 6) is -0.424. The predicted octanol–water partition coefficient (Wildman–Crippen LogP) is 3.82. The molecule has 6 heteroatoms. The molecule has 0 radical (unpaired) electrons. The van der Waals surface area contributed by atoms with Gasteiger partial charge in [-0.2, -0.15) is 0 Å². The summed E-state index contributed by atoms with van der Waals surface area (Å²) in [6, 6.07) is 0. The second-order valence-electron chi connectivity index (χ2n) is 6.75. The Balaban J connectivity index is 2.24. The van der Waals surface area contributed by atoms with Crippen molar-refractivity contribution in [1.82, 2.24) is 4.98 Å². The van der Waals surface area contributed by atoms with Gasteiger partial charge in [-0.3, -0.25) is 14.6 Å². The lowest BCUT2D eigenvalue weighted by Gasteiger charge is -2.04. The number of carbonyl (C=O) groups excluding carboxylic acids is 2. The number of rotatable bonds is 7. The first kappa shape index (κ1) is 20.7. The number of ether oxygens (including phenoxy) is 2. The van der Waals surface area contributed by atoms with Gasteiger partial charge in [0, 0.05) is 29.9 Å². The van der Waals surface area contributed by atoms with Crippen molar-refractivity contribution >= 4 is 23.7 Å². The summed E-state index contributed by atoms with van der Waals surface area (Å²) < 4.78 is 9.46. The second-order valence-corrected chi connectivity index (χ2v) is 6.75. The van der Waals surface area contributed by atoms with Crippen molar-refractivity contribution < 1.29 is 19.1 Å². The molecule has 146 valence electrons.